The van der Waals surface area contributed by atoms with Crippen molar-refractivity contribution in [2.75, 3.05) is 0 Å². The number of carbonyl (C=O) groups is 5. The van der Waals surface area contributed by atoms with Crippen molar-refractivity contribution in [1.82, 2.24) is 15.6 Å². The molecule has 9 nitrogen and oxygen atoms in total. The van der Waals surface area contributed by atoms with Gasteiger partial charge in [0.25, 0.3) is 0 Å². The number of rotatable bonds is 13. The molecule has 1 aromatic heterocycles. The lowest BCUT2D eigenvalue weighted by Crippen LogP contribution is -2.56. The van der Waals surface area contributed by atoms with Gasteiger partial charge in [-0.3, -0.25) is 24.0 Å². The van der Waals surface area contributed by atoms with E-state index in [1.165, 1.54) is 6.92 Å². The predicted octanol–water partition coefficient (Wildman–Crippen LogP) is 5.40. The third-order valence-electron chi connectivity index (χ3n) is 9.69. The van der Waals surface area contributed by atoms with Gasteiger partial charge in [0.05, 0.1) is 21.7 Å². The molecule has 1 aromatic carbocycles. The minimum absolute atomic E-state index is 0.0108. The number of aliphatic carboxylic acids is 1. The Kier molecular flexibility index (Phi) is 10.1. The van der Waals surface area contributed by atoms with Crippen LogP contribution in [0.1, 0.15) is 85.0 Å². The smallest absolute Gasteiger partial charge is 0.310 e. The topological polar surface area (TPSA) is 143 Å². The second kappa shape index (κ2) is 13.7. The zero-order chi connectivity index (χ0) is 31.6. The maximum Gasteiger partial charge on any atom is 0.310 e. The fourth-order valence-electron chi connectivity index (χ4n) is 7.01. The van der Waals surface area contributed by atoms with Gasteiger partial charge in [0.2, 0.25) is 11.8 Å². The summed E-state index contributed by atoms with van der Waals surface area (Å²) in [7, 11) is 0. The van der Waals surface area contributed by atoms with Gasteiger partial charge in [0.15, 0.2) is 10.1 Å². The van der Waals surface area contributed by atoms with E-state index in [4.69, 9.17) is 4.98 Å². The number of benzene rings is 1. The summed E-state index contributed by atoms with van der Waals surface area (Å²) in [5.74, 6) is -3.45. The summed E-state index contributed by atoms with van der Waals surface area (Å²) in [6, 6.07) is 6.34. The van der Waals surface area contributed by atoms with Crippen molar-refractivity contribution in [2.24, 2.45) is 29.1 Å². The standard InChI is InChI=1S/C33H43N3O6S2/c1-18(2)27(36-30(40)28(34-19(3)37)20-9-5-4-6-10-20)29(39)23-16-21(43-32-35-24-11-7-8-12-26(24)44-32)15-22(23)25(38)17-33(13-14-33)31(41)42/h7-8,11-12,18,20-23,27-28H,4-6,9-10,13-17H2,1-3H3,(H,34,37)(H,36,40)(H,41,42)/t21-,22-,23?,27+,28+/m1/s1. The van der Waals surface area contributed by atoms with Crippen molar-refractivity contribution < 1.29 is 29.1 Å². The minimum Gasteiger partial charge on any atom is -0.481 e. The number of thioether (sulfide) groups is 1. The van der Waals surface area contributed by atoms with E-state index in [0.717, 1.165) is 46.7 Å². The number of amides is 2. The van der Waals surface area contributed by atoms with Crippen LogP contribution in [0, 0.1) is 29.1 Å². The molecule has 3 saturated carbocycles. The Labute approximate surface area is 266 Å². The molecule has 3 N–H and O–H groups in total. The first-order chi connectivity index (χ1) is 21.0. The van der Waals surface area contributed by atoms with Gasteiger partial charge in [0, 0.05) is 30.4 Å². The second-order valence-corrected chi connectivity index (χ2v) is 15.9. The van der Waals surface area contributed by atoms with Gasteiger partial charge < -0.3 is 15.7 Å². The van der Waals surface area contributed by atoms with E-state index in [0.29, 0.717) is 25.7 Å². The number of nitrogens with one attached hydrogen (secondary N) is 2. The zero-order valence-corrected chi connectivity index (χ0v) is 27.3. The van der Waals surface area contributed by atoms with E-state index < -0.39 is 35.3 Å². The Hall–Kier alpha value is -2.79. The first-order valence-corrected chi connectivity index (χ1v) is 17.6. The molecule has 11 heteroatoms. The van der Waals surface area contributed by atoms with Gasteiger partial charge in [-0.05, 0) is 62.5 Å². The molecule has 5 atom stereocenters. The third-order valence-corrected chi connectivity index (χ3v) is 12.1. The Morgan fingerprint density at radius 1 is 1.02 bits per heavy atom. The van der Waals surface area contributed by atoms with Crippen molar-refractivity contribution in [1.29, 1.82) is 0 Å². The van der Waals surface area contributed by atoms with Crippen LogP contribution in [-0.2, 0) is 24.0 Å². The molecular formula is C33H43N3O6S2. The minimum atomic E-state index is -1.01. The van der Waals surface area contributed by atoms with E-state index >= 15 is 0 Å². The normalized spacial score (nSPS) is 24.5. The molecule has 1 heterocycles. The number of carboxylic acids is 1. The van der Waals surface area contributed by atoms with Gasteiger partial charge in [-0.1, -0.05) is 57.0 Å². The van der Waals surface area contributed by atoms with Crippen LogP contribution in [0.15, 0.2) is 28.6 Å². The molecule has 3 aliphatic rings. The fourth-order valence-corrected chi connectivity index (χ4v) is 9.62. The number of para-hydroxylation sites is 1. The predicted molar refractivity (Wildman–Crippen MR) is 170 cm³/mol. The lowest BCUT2D eigenvalue weighted by molar-refractivity contribution is -0.146. The number of fused-ring (bicyclic) bond motifs is 1. The summed E-state index contributed by atoms with van der Waals surface area (Å²) in [4.78, 5) is 70.4. The quantitative estimate of drug-likeness (QED) is 0.264. The lowest BCUT2D eigenvalue weighted by atomic mass is 9.79. The number of nitrogens with zero attached hydrogens (tertiary/aromatic N) is 1. The highest BCUT2D eigenvalue weighted by atomic mass is 32.2. The summed E-state index contributed by atoms with van der Waals surface area (Å²) >= 11 is 3.16. The largest absolute Gasteiger partial charge is 0.481 e. The molecule has 5 rings (SSSR count). The number of hydrogen-bond acceptors (Lipinski definition) is 8. The monoisotopic (exact) mass is 641 g/mol. The molecule has 0 spiro atoms. The van der Waals surface area contributed by atoms with Crippen molar-refractivity contribution in [2.45, 2.75) is 107 Å². The van der Waals surface area contributed by atoms with Crippen molar-refractivity contribution in [3.05, 3.63) is 24.3 Å². The summed E-state index contributed by atoms with van der Waals surface area (Å²) in [6.07, 6.45) is 6.57. The average molecular weight is 642 g/mol. The molecule has 44 heavy (non-hydrogen) atoms. The molecule has 0 saturated heterocycles. The molecule has 2 amide bonds. The molecular weight excluding hydrogens is 599 g/mol. The molecule has 2 aromatic rings. The fraction of sp³-hybridized carbons (Fsp3) is 0.636. The number of hydrogen-bond donors (Lipinski definition) is 3. The number of carboxylic acid groups (broad SMARTS) is 1. The lowest BCUT2D eigenvalue weighted by Gasteiger charge is -2.33. The van der Waals surface area contributed by atoms with E-state index in [9.17, 15) is 29.1 Å². The highest BCUT2D eigenvalue weighted by molar-refractivity contribution is 8.01. The van der Waals surface area contributed by atoms with Crippen LogP contribution in [0.2, 0.25) is 0 Å². The molecule has 0 radical (unpaired) electrons. The maximum atomic E-state index is 14.3. The number of ketones is 2. The van der Waals surface area contributed by atoms with E-state index in [1.54, 1.807) is 23.1 Å². The zero-order valence-electron chi connectivity index (χ0n) is 25.7. The maximum absolute atomic E-state index is 14.3. The Bertz CT molecular complexity index is 1380. The molecule has 3 aliphatic carbocycles. The summed E-state index contributed by atoms with van der Waals surface area (Å²) in [5.41, 5.74) is -0.107. The van der Waals surface area contributed by atoms with E-state index in [-0.39, 0.29) is 46.9 Å². The highest BCUT2D eigenvalue weighted by Gasteiger charge is 2.54. The number of thiazole rings is 1. The van der Waals surface area contributed by atoms with Crippen molar-refractivity contribution in [3.63, 3.8) is 0 Å². The number of Topliss-reactive ketones (excluding diaryl/α,β-unsaturated/α-hetero) is 2. The molecule has 0 aliphatic heterocycles. The Morgan fingerprint density at radius 2 is 1.70 bits per heavy atom. The number of carbonyl (C=O) groups excluding carboxylic acids is 4. The first-order valence-electron chi connectivity index (χ1n) is 15.9. The molecule has 238 valence electrons. The molecule has 1 unspecified atom stereocenters. The van der Waals surface area contributed by atoms with Crippen LogP contribution in [0.3, 0.4) is 0 Å². The Balaban J connectivity index is 1.36. The molecule has 3 fully saturated rings. The summed E-state index contributed by atoms with van der Waals surface area (Å²) in [6.45, 7) is 5.15. The summed E-state index contributed by atoms with van der Waals surface area (Å²) in [5, 5.41) is 15.5. The second-order valence-electron chi connectivity index (χ2n) is 13.3. The van der Waals surface area contributed by atoms with Crippen molar-refractivity contribution in [3.8, 4) is 0 Å². The van der Waals surface area contributed by atoms with Gasteiger partial charge in [0.1, 0.15) is 11.8 Å². The Morgan fingerprint density at radius 3 is 2.32 bits per heavy atom. The van der Waals surface area contributed by atoms with Crippen LogP contribution in [0.25, 0.3) is 10.2 Å². The SMILES string of the molecule is CC(=O)N[C@H](C(=O)N[C@H](C(=O)C1C[C@H](Sc2nc3ccccc3s2)C[C@H]1C(=O)CC1(C(=O)O)CC1)C(C)C)C1CCCCC1. The van der Waals surface area contributed by atoms with E-state index in [2.05, 4.69) is 10.6 Å². The van der Waals surface area contributed by atoms with Gasteiger partial charge in [-0.2, -0.15) is 0 Å². The van der Waals surface area contributed by atoms with Crippen LogP contribution in [0.4, 0.5) is 0 Å². The van der Waals surface area contributed by atoms with E-state index in [1.807, 2.05) is 38.1 Å². The van der Waals surface area contributed by atoms with Crippen LogP contribution < -0.4 is 10.6 Å². The molecule has 0 bridgehead atoms. The van der Waals surface area contributed by atoms with Crippen LogP contribution in [-0.4, -0.2) is 56.8 Å². The first kappa shape index (κ1) is 32.6. The van der Waals surface area contributed by atoms with Gasteiger partial charge in [-0.15, -0.1) is 11.3 Å². The number of aromatic nitrogens is 1. The van der Waals surface area contributed by atoms with Gasteiger partial charge in [-0.25, -0.2) is 4.98 Å². The van der Waals surface area contributed by atoms with Crippen molar-refractivity contribution >= 4 is 62.7 Å². The van der Waals surface area contributed by atoms with Gasteiger partial charge >= 0.3 is 5.97 Å². The average Bonchev–Trinajstić information content (AvgIpc) is 3.47. The third kappa shape index (κ3) is 7.36. The van der Waals surface area contributed by atoms with Crippen LogP contribution >= 0.6 is 23.1 Å². The van der Waals surface area contributed by atoms with Crippen LogP contribution in [0.5, 0.6) is 0 Å². The summed E-state index contributed by atoms with van der Waals surface area (Å²) < 4.78 is 1.94. The highest BCUT2D eigenvalue weighted by Crippen LogP contribution is 2.52.